The lowest BCUT2D eigenvalue weighted by atomic mass is 10.0. The van der Waals surface area contributed by atoms with E-state index in [1.807, 2.05) is 20.8 Å². The second-order valence-electron chi connectivity index (χ2n) is 6.63. The van der Waals surface area contributed by atoms with Gasteiger partial charge in [0.1, 0.15) is 5.60 Å². The quantitative estimate of drug-likeness (QED) is 0.836. The Morgan fingerprint density at radius 1 is 1.32 bits per heavy atom. The zero-order chi connectivity index (χ0) is 14.2. The van der Waals surface area contributed by atoms with Crippen LogP contribution >= 0.6 is 0 Å². The molecule has 2 fully saturated rings. The van der Waals surface area contributed by atoms with Crippen LogP contribution in [0.15, 0.2) is 0 Å². The Morgan fingerprint density at radius 3 is 2.58 bits per heavy atom. The van der Waals surface area contributed by atoms with E-state index in [1.165, 1.54) is 0 Å². The van der Waals surface area contributed by atoms with E-state index in [0.29, 0.717) is 5.92 Å². The largest absolute Gasteiger partial charge is 0.481 e. The van der Waals surface area contributed by atoms with Crippen LogP contribution in [0.2, 0.25) is 0 Å². The highest BCUT2D eigenvalue weighted by molar-refractivity contribution is 5.72. The van der Waals surface area contributed by atoms with Crippen molar-refractivity contribution in [3.8, 4) is 0 Å². The minimum Gasteiger partial charge on any atom is -0.481 e. The normalized spacial score (nSPS) is 30.3. The molecule has 1 aliphatic heterocycles. The number of likely N-dealkylation sites (tertiary alicyclic amines) is 1. The minimum absolute atomic E-state index is 0.0201. The second kappa shape index (κ2) is 5.02. The molecule has 3 atom stereocenters. The van der Waals surface area contributed by atoms with Crippen LogP contribution in [-0.4, -0.2) is 39.8 Å². The van der Waals surface area contributed by atoms with Crippen LogP contribution < -0.4 is 0 Å². The lowest BCUT2D eigenvalue weighted by Crippen LogP contribution is -2.45. The smallest absolute Gasteiger partial charge is 0.410 e. The number of carboxylic acids is 1. The summed E-state index contributed by atoms with van der Waals surface area (Å²) in [5, 5.41) is 8.99. The zero-order valence-electron chi connectivity index (χ0n) is 11.9. The molecule has 1 heterocycles. The summed E-state index contributed by atoms with van der Waals surface area (Å²) in [5.41, 5.74) is -0.540. The molecular weight excluding hydrogens is 246 g/mol. The molecular formula is C14H23NO4. The van der Waals surface area contributed by atoms with E-state index in [2.05, 4.69) is 0 Å². The molecule has 1 amide bonds. The molecule has 1 saturated heterocycles. The first-order chi connectivity index (χ1) is 8.78. The van der Waals surface area contributed by atoms with Crippen LogP contribution in [0.1, 0.15) is 52.9 Å². The molecule has 0 radical (unpaired) electrons. The van der Waals surface area contributed by atoms with Crippen LogP contribution in [0.25, 0.3) is 0 Å². The van der Waals surface area contributed by atoms with E-state index in [9.17, 15) is 9.59 Å². The zero-order valence-corrected chi connectivity index (χ0v) is 11.9. The first-order valence-corrected chi connectivity index (χ1v) is 7.01. The standard InChI is InChI=1S/C14H23NO4/c1-14(2,3)19-13(18)15-10(8-12(16)17)7-9-5-4-6-11(9)15/h9-11H,4-8H2,1-3H3,(H,16,17). The van der Waals surface area contributed by atoms with E-state index >= 15 is 0 Å². The van der Waals surface area contributed by atoms with Gasteiger partial charge in [-0.2, -0.15) is 0 Å². The predicted molar refractivity (Wildman–Crippen MR) is 69.9 cm³/mol. The van der Waals surface area contributed by atoms with Crippen molar-refractivity contribution in [2.24, 2.45) is 5.92 Å². The Hall–Kier alpha value is -1.26. The number of carbonyl (C=O) groups excluding carboxylic acids is 1. The molecule has 0 aromatic carbocycles. The third kappa shape index (κ3) is 3.19. The molecule has 0 aromatic heterocycles. The van der Waals surface area contributed by atoms with Crippen LogP contribution in [0.4, 0.5) is 4.79 Å². The lowest BCUT2D eigenvalue weighted by molar-refractivity contribution is -0.138. The summed E-state index contributed by atoms with van der Waals surface area (Å²) in [6, 6.07) is -0.0261. The van der Waals surface area contributed by atoms with Gasteiger partial charge in [0.2, 0.25) is 0 Å². The number of aliphatic carboxylic acids is 1. The molecule has 1 N–H and O–H groups in total. The average molecular weight is 269 g/mol. The fraction of sp³-hybridized carbons (Fsp3) is 0.857. The Labute approximate surface area is 113 Å². The van der Waals surface area contributed by atoms with Gasteiger partial charge in [0.15, 0.2) is 0 Å². The summed E-state index contributed by atoms with van der Waals surface area (Å²) in [5.74, 6) is -0.393. The lowest BCUT2D eigenvalue weighted by Gasteiger charge is -2.31. The molecule has 0 aromatic rings. The van der Waals surface area contributed by atoms with E-state index in [0.717, 1.165) is 25.7 Å². The highest BCUT2D eigenvalue weighted by atomic mass is 16.6. The van der Waals surface area contributed by atoms with Crippen LogP contribution in [0, 0.1) is 5.92 Å². The van der Waals surface area contributed by atoms with Crippen molar-refractivity contribution in [3.63, 3.8) is 0 Å². The summed E-state index contributed by atoms with van der Waals surface area (Å²) in [6.07, 6.45) is 3.66. The molecule has 0 bridgehead atoms. The molecule has 108 valence electrons. The monoisotopic (exact) mass is 269 g/mol. The van der Waals surface area contributed by atoms with Crippen molar-refractivity contribution in [1.29, 1.82) is 0 Å². The molecule has 3 unspecified atom stereocenters. The number of carboxylic acid groups (broad SMARTS) is 1. The van der Waals surface area contributed by atoms with Crippen molar-refractivity contribution in [2.45, 2.75) is 70.6 Å². The Balaban J connectivity index is 2.12. The van der Waals surface area contributed by atoms with Gasteiger partial charge < -0.3 is 14.7 Å². The third-order valence-corrected chi connectivity index (χ3v) is 3.96. The van der Waals surface area contributed by atoms with Crippen molar-refractivity contribution < 1.29 is 19.4 Å². The van der Waals surface area contributed by atoms with Crippen LogP contribution in [-0.2, 0) is 9.53 Å². The molecule has 5 heteroatoms. The summed E-state index contributed by atoms with van der Waals surface area (Å²) in [7, 11) is 0. The summed E-state index contributed by atoms with van der Waals surface area (Å²) in [4.78, 5) is 25.0. The number of rotatable bonds is 2. The molecule has 1 saturated carbocycles. The first kappa shape index (κ1) is 14.2. The first-order valence-electron chi connectivity index (χ1n) is 7.01. The van der Waals surface area contributed by atoms with E-state index in [-0.39, 0.29) is 24.6 Å². The number of carbonyl (C=O) groups is 2. The van der Waals surface area contributed by atoms with Crippen molar-refractivity contribution >= 4 is 12.1 Å². The third-order valence-electron chi connectivity index (χ3n) is 3.96. The van der Waals surface area contributed by atoms with Gasteiger partial charge in [0.05, 0.1) is 6.42 Å². The van der Waals surface area contributed by atoms with Crippen molar-refractivity contribution in [1.82, 2.24) is 4.90 Å². The summed E-state index contributed by atoms with van der Waals surface area (Å²) < 4.78 is 5.44. The molecule has 2 aliphatic rings. The van der Waals surface area contributed by atoms with Gasteiger partial charge in [0, 0.05) is 12.1 Å². The fourth-order valence-corrected chi connectivity index (χ4v) is 3.37. The Kier molecular flexibility index (Phi) is 3.74. The van der Waals surface area contributed by atoms with Crippen LogP contribution in [0.5, 0.6) is 0 Å². The minimum atomic E-state index is -0.849. The van der Waals surface area contributed by atoms with Crippen molar-refractivity contribution in [2.75, 3.05) is 0 Å². The number of amides is 1. The van der Waals surface area contributed by atoms with Gasteiger partial charge in [-0.15, -0.1) is 0 Å². The summed E-state index contributed by atoms with van der Waals surface area (Å²) >= 11 is 0. The Morgan fingerprint density at radius 2 is 2.00 bits per heavy atom. The van der Waals surface area contributed by atoms with Gasteiger partial charge >= 0.3 is 12.1 Å². The van der Waals surface area contributed by atoms with Gasteiger partial charge in [-0.3, -0.25) is 4.79 Å². The maximum atomic E-state index is 12.3. The van der Waals surface area contributed by atoms with Crippen molar-refractivity contribution in [3.05, 3.63) is 0 Å². The average Bonchev–Trinajstić information content (AvgIpc) is 2.72. The number of nitrogens with zero attached hydrogens (tertiary/aromatic N) is 1. The highest BCUT2D eigenvalue weighted by Crippen LogP contribution is 2.42. The molecule has 19 heavy (non-hydrogen) atoms. The highest BCUT2D eigenvalue weighted by Gasteiger charge is 2.47. The topological polar surface area (TPSA) is 66.8 Å². The van der Waals surface area contributed by atoms with E-state index in [4.69, 9.17) is 9.84 Å². The molecule has 2 rings (SSSR count). The molecule has 5 nitrogen and oxygen atoms in total. The number of hydrogen-bond donors (Lipinski definition) is 1. The van der Waals surface area contributed by atoms with Gasteiger partial charge in [-0.25, -0.2) is 4.79 Å². The number of hydrogen-bond acceptors (Lipinski definition) is 3. The maximum Gasteiger partial charge on any atom is 0.410 e. The van der Waals surface area contributed by atoms with Crippen LogP contribution in [0.3, 0.4) is 0 Å². The van der Waals surface area contributed by atoms with E-state index in [1.54, 1.807) is 4.90 Å². The molecule has 1 aliphatic carbocycles. The number of fused-ring (bicyclic) bond motifs is 1. The predicted octanol–water partition coefficient (Wildman–Crippen LogP) is 2.64. The van der Waals surface area contributed by atoms with Gasteiger partial charge in [-0.1, -0.05) is 6.42 Å². The van der Waals surface area contributed by atoms with E-state index < -0.39 is 11.6 Å². The summed E-state index contributed by atoms with van der Waals surface area (Å²) in [6.45, 7) is 5.50. The second-order valence-corrected chi connectivity index (χ2v) is 6.63. The molecule has 0 spiro atoms. The van der Waals surface area contributed by atoms with Gasteiger partial charge in [-0.05, 0) is 46.0 Å². The van der Waals surface area contributed by atoms with Gasteiger partial charge in [0.25, 0.3) is 0 Å². The SMILES string of the molecule is CC(C)(C)OC(=O)N1C(CC(=O)O)CC2CCCC21. The Bertz CT molecular complexity index is 374. The maximum absolute atomic E-state index is 12.3. The number of ether oxygens (including phenoxy) is 1. The fourth-order valence-electron chi connectivity index (χ4n) is 3.37.